The number of aryl methyl sites for hydroxylation is 1. The molecule has 1 rings (SSSR count). The van der Waals surface area contributed by atoms with Gasteiger partial charge in [0.25, 0.3) is 5.91 Å². The van der Waals surface area contributed by atoms with Crippen LogP contribution in [0.3, 0.4) is 0 Å². The van der Waals surface area contributed by atoms with E-state index in [9.17, 15) is 9.59 Å². The van der Waals surface area contributed by atoms with Gasteiger partial charge in [0.15, 0.2) is 0 Å². The minimum atomic E-state index is -0.569. The molecule has 0 fully saturated rings. The van der Waals surface area contributed by atoms with Crippen LogP contribution in [0, 0.1) is 6.92 Å². The molecule has 0 aromatic heterocycles. The number of rotatable bonds is 4. The van der Waals surface area contributed by atoms with Crippen LogP contribution in [0.25, 0.3) is 0 Å². The topological polar surface area (TPSA) is 72.6 Å². The van der Waals surface area contributed by atoms with Crippen molar-refractivity contribution in [3.8, 4) is 0 Å². The highest BCUT2D eigenvalue weighted by molar-refractivity contribution is 6.02. The SMILES string of the molecule is CCOC(=O)CC(=O)N(N)c1ccc(C)cc1. The number of nitrogens with zero attached hydrogens (tertiary/aromatic N) is 1. The van der Waals surface area contributed by atoms with Crippen LogP contribution in [0.15, 0.2) is 24.3 Å². The molecule has 0 bridgehead atoms. The largest absolute Gasteiger partial charge is 0.466 e. The van der Waals surface area contributed by atoms with Crippen molar-refractivity contribution in [2.75, 3.05) is 11.6 Å². The standard InChI is InChI=1S/C12H16N2O3/c1-3-17-12(16)8-11(15)14(13)10-6-4-9(2)5-7-10/h4-7H,3,8,13H2,1-2H3. The number of anilines is 1. The molecular formula is C12H16N2O3. The second-order valence-electron chi connectivity index (χ2n) is 3.58. The molecule has 5 heteroatoms. The Morgan fingerprint density at radius 1 is 1.29 bits per heavy atom. The lowest BCUT2D eigenvalue weighted by molar-refractivity contribution is -0.145. The van der Waals surface area contributed by atoms with Gasteiger partial charge >= 0.3 is 5.97 Å². The Morgan fingerprint density at radius 3 is 2.41 bits per heavy atom. The highest BCUT2D eigenvalue weighted by Gasteiger charge is 2.16. The van der Waals surface area contributed by atoms with Gasteiger partial charge in [0.05, 0.1) is 12.3 Å². The summed E-state index contributed by atoms with van der Waals surface area (Å²) in [5.74, 6) is 4.55. The average Bonchev–Trinajstić information content (AvgIpc) is 2.29. The van der Waals surface area contributed by atoms with Crippen molar-refractivity contribution in [2.45, 2.75) is 20.3 Å². The molecule has 0 aliphatic carbocycles. The van der Waals surface area contributed by atoms with E-state index in [2.05, 4.69) is 4.74 Å². The number of ether oxygens (including phenoxy) is 1. The summed E-state index contributed by atoms with van der Waals surface area (Å²) in [7, 11) is 0. The van der Waals surface area contributed by atoms with Crippen LogP contribution in [-0.4, -0.2) is 18.5 Å². The molecule has 2 N–H and O–H groups in total. The minimum absolute atomic E-state index is 0.251. The number of hydrogen-bond donors (Lipinski definition) is 1. The van der Waals surface area contributed by atoms with Crippen molar-refractivity contribution >= 4 is 17.6 Å². The van der Waals surface area contributed by atoms with Crippen LogP contribution in [-0.2, 0) is 14.3 Å². The Hall–Kier alpha value is -1.88. The maximum Gasteiger partial charge on any atom is 0.315 e. The lowest BCUT2D eigenvalue weighted by Crippen LogP contribution is -2.38. The molecule has 0 aliphatic rings. The fourth-order valence-electron chi connectivity index (χ4n) is 1.27. The predicted molar refractivity (Wildman–Crippen MR) is 64.1 cm³/mol. The smallest absolute Gasteiger partial charge is 0.315 e. The van der Waals surface area contributed by atoms with Crippen LogP contribution in [0.2, 0.25) is 0 Å². The van der Waals surface area contributed by atoms with Crippen molar-refractivity contribution in [3.05, 3.63) is 29.8 Å². The van der Waals surface area contributed by atoms with E-state index in [0.29, 0.717) is 5.69 Å². The number of amides is 1. The van der Waals surface area contributed by atoms with Crippen LogP contribution >= 0.6 is 0 Å². The van der Waals surface area contributed by atoms with E-state index in [-0.39, 0.29) is 13.0 Å². The number of hydrazine groups is 1. The summed E-state index contributed by atoms with van der Waals surface area (Å²) in [6.45, 7) is 3.87. The third kappa shape index (κ3) is 3.88. The van der Waals surface area contributed by atoms with Gasteiger partial charge in [-0.1, -0.05) is 17.7 Å². The van der Waals surface area contributed by atoms with Gasteiger partial charge in [0.1, 0.15) is 6.42 Å². The van der Waals surface area contributed by atoms with Crippen molar-refractivity contribution in [1.82, 2.24) is 0 Å². The maximum atomic E-state index is 11.6. The molecule has 1 amide bonds. The summed E-state index contributed by atoms with van der Waals surface area (Å²) in [6.07, 6.45) is -0.349. The van der Waals surface area contributed by atoms with Gasteiger partial charge in [0, 0.05) is 0 Å². The third-order valence-electron chi connectivity index (χ3n) is 2.18. The Morgan fingerprint density at radius 2 is 1.88 bits per heavy atom. The Balaban J connectivity index is 2.63. The number of benzene rings is 1. The van der Waals surface area contributed by atoms with E-state index < -0.39 is 11.9 Å². The molecule has 0 spiro atoms. The molecule has 0 heterocycles. The van der Waals surface area contributed by atoms with E-state index in [1.54, 1.807) is 19.1 Å². The Labute approximate surface area is 100 Å². The normalized spacial score (nSPS) is 9.82. The summed E-state index contributed by atoms with van der Waals surface area (Å²) in [4.78, 5) is 22.7. The fraction of sp³-hybridized carbons (Fsp3) is 0.333. The van der Waals surface area contributed by atoms with Crippen LogP contribution in [0.4, 0.5) is 5.69 Å². The second-order valence-corrected chi connectivity index (χ2v) is 3.58. The summed E-state index contributed by atoms with van der Waals surface area (Å²) in [5, 5.41) is 0.955. The molecule has 92 valence electrons. The number of nitrogens with two attached hydrogens (primary N) is 1. The van der Waals surface area contributed by atoms with Gasteiger partial charge in [-0.2, -0.15) is 0 Å². The molecule has 0 saturated carbocycles. The zero-order chi connectivity index (χ0) is 12.8. The van der Waals surface area contributed by atoms with E-state index in [0.717, 1.165) is 10.6 Å². The lowest BCUT2D eigenvalue weighted by atomic mass is 10.2. The fourth-order valence-corrected chi connectivity index (χ4v) is 1.27. The Kier molecular flexibility index (Phi) is 4.66. The summed E-state index contributed by atoms with van der Waals surface area (Å²) < 4.78 is 4.68. The monoisotopic (exact) mass is 236 g/mol. The van der Waals surface area contributed by atoms with E-state index >= 15 is 0 Å². The summed E-state index contributed by atoms with van der Waals surface area (Å²) in [5.41, 5.74) is 1.62. The predicted octanol–water partition coefficient (Wildman–Crippen LogP) is 1.15. The third-order valence-corrected chi connectivity index (χ3v) is 2.18. The van der Waals surface area contributed by atoms with Crippen molar-refractivity contribution in [1.29, 1.82) is 0 Å². The van der Waals surface area contributed by atoms with E-state index in [4.69, 9.17) is 5.84 Å². The maximum absolute atomic E-state index is 11.6. The van der Waals surface area contributed by atoms with Crippen LogP contribution in [0.5, 0.6) is 0 Å². The zero-order valence-electron chi connectivity index (χ0n) is 9.97. The molecule has 17 heavy (non-hydrogen) atoms. The van der Waals surface area contributed by atoms with Gasteiger partial charge < -0.3 is 4.74 Å². The van der Waals surface area contributed by atoms with Crippen molar-refractivity contribution in [2.24, 2.45) is 5.84 Å². The number of esters is 1. The summed E-state index contributed by atoms with van der Waals surface area (Å²) in [6, 6.07) is 7.12. The molecule has 1 aromatic carbocycles. The number of hydrogen-bond acceptors (Lipinski definition) is 4. The van der Waals surface area contributed by atoms with Crippen molar-refractivity contribution in [3.63, 3.8) is 0 Å². The molecule has 1 aromatic rings. The Bertz CT molecular complexity index is 401. The number of carbonyl (C=O) groups excluding carboxylic acids is 2. The van der Waals surface area contributed by atoms with Gasteiger partial charge in [-0.05, 0) is 26.0 Å². The number of carbonyl (C=O) groups is 2. The first-order chi connectivity index (χ1) is 8.04. The quantitative estimate of drug-likeness (QED) is 0.280. The molecule has 0 saturated heterocycles. The van der Waals surface area contributed by atoms with Crippen molar-refractivity contribution < 1.29 is 14.3 Å². The van der Waals surface area contributed by atoms with Crippen LogP contribution < -0.4 is 10.9 Å². The molecule has 0 unspecified atom stereocenters. The minimum Gasteiger partial charge on any atom is -0.466 e. The van der Waals surface area contributed by atoms with Gasteiger partial charge in [0.2, 0.25) is 0 Å². The van der Waals surface area contributed by atoms with Gasteiger partial charge in [-0.15, -0.1) is 0 Å². The molecule has 0 aliphatic heterocycles. The highest BCUT2D eigenvalue weighted by atomic mass is 16.5. The van der Waals surface area contributed by atoms with Crippen LogP contribution in [0.1, 0.15) is 18.9 Å². The zero-order valence-corrected chi connectivity index (χ0v) is 9.97. The molecular weight excluding hydrogens is 220 g/mol. The first-order valence-corrected chi connectivity index (χ1v) is 5.34. The van der Waals surface area contributed by atoms with E-state index in [1.807, 2.05) is 19.1 Å². The average molecular weight is 236 g/mol. The molecule has 5 nitrogen and oxygen atoms in total. The van der Waals surface area contributed by atoms with Gasteiger partial charge in [-0.3, -0.25) is 9.59 Å². The first kappa shape index (κ1) is 13.2. The van der Waals surface area contributed by atoms with E-state index in [1.165, 1.54) is 0 Å². The highest BCUT2D eigenvalue weighted by Crippen LogP contribution is 2.12. The lowest BCUT2D eigenvalue weighted by Gasteiger charge is -2.16. The molecule has 0 radical (unpaired) electrons. The first-order valence-electron chi connectivity index (χ1n) is 5.34. The van der Waals surface area contributed by atoms with Gasteiger partial charge in [-0.25, -0.2) is 10.9 Å². The molecule has 0 atom stereocenters. The second kappa shape index (κ2) is 6.00. The summed E-state index contributed by atoms with van der Waals surface area (Å²) >= 11 is 0.